The van der Waals surface area contributed by atoms with Gasteiger partial charge in [-0.3, -0.25) is 0 Å². The maximum absolute atomic E-state index is 12.6. The largest absolute Gasteiger partial charge is 0.332 e. The average molecular weight is 314 g/mol. The summed E-state index contributed by atoms with van der Waals surface area (Å²) in [5, 5.41) is 3.62. The number of rotatable bonds is 6. The molecule has 0 spiro atoms. The number of imidazole rings is 1. The first-order valence-corrected chi connectivity index (χ1v) is 9.15. The topological polar surface area (TPSA) is 78.1 Å². The molecule has 0 aromatic carbocycles. The third kappa shape index (κ3) is 4.05. The van der Waals surface area contributed by atoms with E-state index in [0.717, 1.165) is 19.4 Å². The minimum absolute atomic E-state index is 0.219. The Morgan fingerprint density at radius 3 is 2.90 bits per heavy atom. The van der Waals surface area contributed by atoms with E-state index in [1.54, 1.807) is 4.31 Å². The molecule has 0 saturated carbocycles. The lowest BCUT2D eigenvalue weighted by atomic mass is 9.99. The standard InChI is InChI=1S/C14H26N4O2S/c1-4-13-16-9-14(17-13)21(19,20)18-7-5-6-12(10-18)8-15-11(2)3/h9,11-12,15H,4-8,10H2,1-3H3,(H,16,17). The number of H-pyrrole nitrogens is 1. The monoisotopic (exact) mass is 314 g/mol. The smallest absolute Gasteiger partial charge is 0.260 e. The summed E-state index contributed by atoms with van der Waals surface area (Å²) in [6.45, 7) is 8.21. The fraction of sp³-hybridized carbons (Fsp3) is 0.786. The van der Waals surface area contributed by atoms with Crippen LogP contribution in [-0.2, 0) is 16.4 Å². The summed E-state index contributed by atoms with van der Waals surface area (Å²) in [5.41, 5.74) is 0. The Hall–Kier alpha value is -0.920. The van der Waals surface area contributed by atoms with E-state index in [1.807, 2.05) is 6.92 Å². The zero-order valence-electron chi connectivity index (χ0n) is 13.1. The summed E-state index contributed by atoms with van der Waals surface area (Å²) in [5.74, 6) is 1.09. The van der Waals surface area contributed by atoms with Gasteiger partial charge in [-0.2, -0.15) is 4.31 Å². The molecule has 7 heteroatoms. The molecule has 1 aromatic rings. The van der Waals surface area contributed by atoms with E-state index in [1.165, 1.54) is 6.20 Å². The molecule has 1 atom stereocenters. The maximum atomic E-state index is 12.6. The quantitative estimate of drug-likeness (QED) is 0.831. The molecule has 0 radical (unpaired) electrons. The number of aryl methyl sites for hydroxylation is 1. The Morgan fingerprint density at radius 2 is 2.29 bits per heavy atom. The van der Waals surface area contributed by atoms with Crippen molar-refractivity contribution in [2.75, 3.05) is 19.6 Å². The normalized spacial score (nSPS) is 21.0. The number of hydrogen-bond acceptors (Lipinski definition) is 4. The van der Waals surface area contributed by atoms with Crippen molar-refractivity contribution in [2.45, 2.75) is 51.1 Å². The van der Waals surface area contributed by atoms with Crippen molar-refractivity contribution in [1.82, 2.24) is 19.6 Å². The van der Waals surface area contributed by atoms with Gasteiger partial charge in [-0.15, -0.1) is 0 Å². The molecule has 1 aliphatic rings. The van der Waals surface area contributed by atoms with E-state index in [9.17, 15) is 8.42 Å². The van der Waals surface area contributed by atoms with Gasteiger partial charge in [0.05, 0.1) is 6.20 Å². The summed E-state index contributed by atoms with van der Waals surface area (Å²) in [4.78, 5) is 7.01. The predicted octanol–water partition coefficient (Wildman–Crippen LogP) is 1.37. The van der Waals surface area contributed by atoms with E-state index < -0.39 is 10.0 Å². The van der Waals surface area contributed by atoms with Gasteiger partial charge in [-0.1, -0.05) is 20.8 Å². The fourth-order valence-corrected chi connectivity index (χ4v) is 4.09. The number of nitrogens with zero attached hydrogens (tertiary/aromatic N) is 2. The van der Waals surface area contributed by atoms with Crippen molar-refractivity contribution in [3.63, 3.8) is 0 Å². The first-order chi connectivity index (χ1) is 9.93. The van der Waals surface area contributed by atoms with Crippen molar-refractivity contribution < 1.29 is 8.42 Å². The van der Waals surface area contributed by atoms with Crippen LogP contribution in [-0.4, -0.2) is 48.4 Å². The Balaban J connectivity index is 2.05. The Kier molecular flexibility index (Phi) is 5.40. The lowest BCUT2D eigenvalue weighted by Gasteiger charge is -2.32. The highest BCUT2D eigenvalue weighted by atomic mass is 32.2. The SMILES string of the molecule is CCc1ncc(S(=O)(=O)N2CCCC(CNC(C)C)C2)[nH]1. The van der Waals surface area contributed by atoms with Gasteiger partial charge in [0.2, 0.25) is 0 Å². The van der Waals surface area contributed by atoms with Crippen LogP contribution in [0.15, 0.2) is 11.2 Å². The van der Waals surface area contributed by atoms with Gasteiger partial charge in [-0.25, -0.2) is 13.4 Å². The maximum Gasteiger partial charge on any atom is 0.260 e. The second kappa shape index (κ2) is 6.89. The van der Waals surface area contributed by atoms with Gasteiger partial charge in [0, 0.05) is 25.6 Å². The Morgan fingerprint density at radius 1 is 1.52 bits per heavy atom. The molecule has 1 saturated heterocycles. The van der Waals surface area contributed by atoms with Gasteiger partial charge in [0.1, 0.15) is 5.82 Å². The molecule has 120 valence electrons. The van der Waals surface area contributed by atoms with E-state index >= 15 is 0 Å². The summed E-state index contributed by atoms with van der Waals surface area (Å²) in [7, 11) is -3.44. The third-order valence-corrected chi connectivity index (χ3v) is 5.63. The van der Waals surface area contributed by atoms with E-state index in [4.69, 9.17) is 0 Å². The number of hydrogen-bond donors (Lipinski definition) is 2. The number of nitrogens with one attached hydrogen (secondary N) is 2. The summed E-state index contributed by atoms with van der Waals surface area (Å²) in [6, 6.07) is 0.428. The molecule has 1 aromatic heterocycles. The second-order valence-electron chi connectivity index (χ2n) is 5.98. The molecule has 2 N–H and O–H groups in total. The second-order valence-corrected chi connectivity index (χ2v) is 7.89. The molecule has 1 fully saturated rings. The molecule has 0 bridgehead atoms. The highest BCUT2D eigenvalue weighted by Crippen LogP contribution is 2.22. The average Bonchev–Trinajstić information content (AvgIpc) is 2.95. The van der Waals surface area contributed by atoms with Crippen LogP contribution >= 0.6 is 0 Å². The van der Waals surface area contributed by atoms with Crippen molar-refractivity contribution in [2.24, 2.45) is 5.92 Å². The van der Waals surface area contributed by atoms with Crippen molar-refractivity contribution in [3.05, 3.63) is 12.0 Å². The van der Waals surface area contributed by atoms with Gasteiger partial charge >= 0.3 is 0 Å². The van der Waals surface area contributed by atoms with E-state index in [0.29, 0.717) is 37.3 Å². The molecule has 6 nitrogen and oxygen atoms in total. The molecule has 0 amide bonds. The molecule has 2 heterocycles. The molecular weight excluding hydrogens is 288 g/mol. The molecule has 0 aliphatic carbocycles. The highest BCUT2D eigenvalue weighted by molar-refractivity contribution is 7.89. The fourth-order valence-electron chi connectivity index (χ4n) is 2.61. The summed E-state index contributed by atoms with van der Waals surface area (Å²) in [6.07, 6.45) is 4.13. The zero-order valence-corrected chi connectivity index (χ0v) is 13.9. The minimum atomic E-state index is -3.44. The first-order valence-electron chi connectivity index (χ1n) is 7.71. The van der Waals surface area contributed by atoms with Crippen LogP contribution in [0.25, 0.3) is 0 Å². The van der Waals surface area contributed by atoms with Gasteiger partial charge < -0.3 is 10.3 Å². The van der Waals surface area contributed by atoms with Gasteiger partial charge in [0.15, 0.2) is 5.03 Å². The Labute approximate surface area is 127 Å². The number of aromatic amines is 1. The lowest BCUT2D eigenvalue weighted by molar-refractivity contribution is 0.256. The van der Waals surface area contributed by atoms with Gasteiger partial charge in [0.25, 0.3) is 10.0 Å². The molecular formula is C14H26N4O2S. The Bertz CT molecular complexity index is 553. The number of piperidine rings is 1. The first kappa shape index (κ1) is 16.5. The molecule has 1 aliphatic heterocycles. The van der Waals surface area contributed by atoms with Crippen LogP contribution in [0.4, 0.5) is 0 Å². The minimum Gasteiger partial charge on any atom is -0.332 e. The van der Waals surface area contributed by atoms with Crippen LogP contribution < -0.4 is 5.32 Å². The molecule has 2 rings (SSSR count). The van der Waals surface area contributed by atoms with Crippen LogP contribution in [0.2, 0.25) is 0 Å². The van der Waals surface area contributed by atoms with Crippen LogP contribution in [0.5, 0.6) is 0 Å². The summed E-state index contributed by atoms with van der Waals surface area (Å²) >= 11 is 0. The van der Waals surface area contributed by atoms with Crippen LogP contribution in [0.3, 0.4) is 0 Å². The number of aromatic nitrogens is 2. The predicted molar refractivity (Wildman–Crippen MR) is 82.6 cm³/mol. The van der Waals surface area contributed by atoms with Crippen molar-refractivity contribution >= 4 is 10.0 Å². The number of sulfonamides is 1. The molecule has 21 heavy (non-hydrogen) atoms. The van der Waals surface area contributed by atoms with E-state index in [2.05, 4.69) is 29.1 Å². The van der Waals surface area contributed by atoms with Crippen molar-refractivity contribution in [3.8, 4) is 0 Å². The summed E-state index contributed by atoms with van der Waals surface area (Å²) < 4.78 is 26.9. The lowest BCUT2D eigenvalue weighted by Crippen LogP contribution is -2.43. The molecule has 1 unspecified atom stereocenters. The van der Waals surface area contributed by atoms with Crippen LogP contribution in [0.1, 0.15) is 39.4 Å². The van der Waals surface area contributed by atoms with Gasteiger partial charge in [-0.05, 0) is 25.3 Å². The highest BCUT2D eigenvalue weighted by Gasteiger charge is 2.31. The van der Waals surface area contributed by atoms with E-state index in [-0.39, 0.29) is 5.03 Å². The van der Waals surface area contributed by atoms with Crippen LogP contribution in [0, 0.1) is 5.92 Å². The zero-order chi connectivity index (χ0) is 15.5. The third-order valence-electron chi connectivity index (χ3n) is 3.85. The van der Waals surface area contributed by atoms with Crippen molar-refractivity contribution in [1.29, 1.82) is 0 Å².